The van der Waals surface area contributed by atoms with E-state index in [9.17, 15) is 0 Å². The third-order valence-corrected chi connectivity index (χ3v) is 6.07. The molecule has 2 rings (SSSR count). The zero-order valence-corrected chi connectivity index (χ0v) is 19.8. The van der Waals surface area contributed by atoms with Crippen molar-refractivity contribution in [1.29, 1.82) is 0 Å². The Labute approximate surface area is 174 Å². The van der Waals surface area contributed by atoms with E-state index < -0.39 is 0 Å². The van der Waals surface area contributed by atoms with E-state index in [1.807, 2.05) is 0 Å². The molecule has 0 heterocycles. The van der Waals surface area contributed by atoms with E-state index in [0.29, 0.717) is 5.92 Å². The largest absolute Gasteiger partial charge is 0.105 e. The molecule has 148 valence electrons. The van der Waals surface area contributed by atoms with Crippen molar-refractivity contribution in [3.8, 4) is 11.1 Å². The van der Waals surface area contributed by atoms with Crippen molar-refractivity contribution >= 4 is 20.1 Å². The standard InChI is InChI=1S/C27H35P/c1-9-11-24(19(7)17(3)4)26-20(8)21(10-2)16-25(28)27(26)23-14-12-22(13-15-23)18(5)6/h9,11-16,18H,3,10,28H2,1-2,4-8H3/b11-9-,24-19-. The topological polar surface area (TPSA) is 0 Å². The molecule has 0 spiro atoms. The molecule has 0 radical (unpaired) electrons. The second-order valence-corrected chi connectivity index (χ2v) is 8.57. The van der Waals surface area contributed by atoms with Gasteiger partial charge in [-0.1, -0.05) is 75.4 Å². The first-order chi connectivity index (χ1) is 13.2. The first kappa shape index (κ1) is 22.4. The molecule has 0 bridgehead atoms. The van der Waals surface area contributed by atoms with Crippen LogP contribution in [0, 0.1) is 6.92 Å². The van der Waals surface area contributed by atoms with E-state index in [1.54, 1.807) is 0 Å². The maximum absolute atomic E-state index is 4.21. The van der Waals surface area contributed by atoms with Crippen molar-refractivity contribution in [3.63, 3.8) is 0 Å². The lowest BCUT2D eigenvalue weighted by Crippen LogP contribution is -2.09. The molecule has 0 N–H and O–H groups in total. The van der Waals surface area contributed by atoms with Crippen LogP contribution in [-0.2, 0) is 6.42 Å². The van der Waals surface area contributed by atoms with Gasteiger partial charge in [0.1, 0.15) is 0 Å². The predicted octanol–water partition coefficient (Wildman–Crippen LogP) is 7.77. The molecule has 1 unspecified atom stereocenters. The fourth-order valence-electron chi connectivity index (χ4n) is 3.70. The van der Waals surface area contributed by atoms with Crippen LogP contribution < -0.4 is 5.30 Å². The quantitative estimate of drug-likeness (QED) is 0.349. The van der Waals surface area contributed by atoms with Crippen LogP contribution in [-0.4, -0.2) is 0 Å². The smallest absolute Gasteiger partial charge is 0.00307 e. The average Bonchev–Trinajstić information content (AvgIpc) is 2.67. The monoisotopic (exact) mass is 390 g/mol. The van der Waals surface area contributed by atoms with Gasteiger partial charge in [-0.2, -0.15) is 0 Å². The number of benzene rings is 2. The highest BCUT2D eigenvalue weighted by Crippen LogP contribution is 2.37. The van der Waals surface area contributed by atoms with Crippen molar-refractivity contribution < 1.29 is 0 Å². The summed E-state index contributed by atoms with van der Waals surface area (Å²) in [6, 6.07) is 11.4. The summed E-state index contributed by atoms with van der Waals surface area (Å²) in [5, 5.41) is 1.26. The van der Waals surface area contributed by atoms with Crippen LogP contribution in [0.3, 0.4) is 0 Å². The van der Waals surface area contributed by atoms with E-state index in [-0.39, 0.29) is 0 Å². The summed E-state index contributed by atoms with van der Waals surface area (Å²) in [7, 11) is 2.98. The van der Waals surface area contributed by atoms with Gasteiger partial charge in [-0.05, 0) is 89.9 Å². The van der Waals surface area contributed by atoms with Crippen LogP contribution in [0.25, 0.3) is 16.7 Å². The minimum Gasteiger partial charge on any atom is -0.105 e. The number of allylic oxidation sites excluding steroid dienone is 5. The lowest BCUT2D eigenvalue weighted by molar-refractivity contribution is 0.867. The molecule has 0 aliphatic rings. The molecule has 1 heteroatoms. The van der Waals surface area contributed by atoms with Gasteiger partial charge in [0.2, 0.25) is 0 Å². The van der Waals surface area contributed by atoms with Gasteiger partial charge in [-0.15, -0.1) is 9.24 Å². The van der Waals surface area contributed by atoms with Gasteiger partial charge in [0.25, 0.3) is 0 Å². The normalized spacial score (nSPS) is 12.6. The van der Waals surface area contributed by atoms with E-state index in [1.165, 1.54) is 49.8 Å². The number of rotatable bonds is 6. The fraction of sp³-hybridized carbons (Fsp3) is 0.333. The summed E-state index contributed by atoms with van der Waals surface area (Å²) < 4.78 is 0. The maximum atomic E-state index is 4.21. The van der Waals surface area contributed by atoms with Crippen molar-refractivity contribution in [2.75, 3.05) is 0 Å². The third-order valence-electron chi connectivity index (χ3n) is 5.62. The molecule has 2 aromatic rings. The van der Waals surface area contributed by atoms with Crippen LogP contribution in [0.4, 0.5) is 0 Å². The Morgan fingerprint density at radius 3 is 2.21 bits per heavy atom. The summed E-state index contributed by atoms with van der Waals surface area (Å²) in [6.07, 6.45) is 5.40. The molecule has 0 saturated carbocycles. The first-order valence-electron chi connectivity index (χ1n) is 10.2. The lowest BCUT2D eigenvalue weighted by atomic mass is 9.84. The number of hydrogen-bond acceptors (Lipinski definition) is 0. The zero-order chi connectivity index (χ0) is 21.0. The number of aryl methyl sites for hydroxylation is 1. The van der Waals surface area contributed by atoms with Crippen LogP contribution in [0.1, 0.15) is 69.7 Å². The summed E-state index contributed by atoms with van der Waals surface area (Å²) in [4.78, 5) is 0. The molecule has 0 amide bonds. The summed E-state index contributed by atoms with van der Waals surface area (Å²) in [6.45, 7) is 19.6. The highest BCUT2D eigenvalue weighted by molar-refractivity contribution is 7.28. The average molecular weight is 391 g/mol. The van der Waals surface area contributed by atoms with Crippen molar-refractivity contribution in [2.24, 2.45) is 0 Å². The van der Waals surface area contributed by atoms with Crippen molar-refractivity contribution in [1.82, 2.24) is 0 Å². The summed E-state index contributed by atoms with van der Waals surface area (Å²) in [5.41, 5.74) is 11.7. The molecule has 1 atom stereocenters. The Bertz CT molecular complexity index is 922. The Balaban J connectivity index is 2.92. The van der Waals surface area contributed by atoms with Gasteiger partial charge in [0, 0.05) is 0 Å². The van der Waals surface area contributed by atoms with Crippen molar-refractivity contribution in [3.05, 3.63) is 82.5 Å². The molecule has 0 aromatic heterocycles. The van der Waals surface area contributed by atoms with Gasteiger partial charge in [0.15, 0.2) is 0 Å². The molecule has 0 saturated heterocycles. The second kappa shape index (κ2) is 9.53. The molecule has 2 aromatic carbocycles. The highest BCUT2D eigenvalue weighted by atomic mass is 31.0. The molecular formula is C27H35P. The SMILES string of the molecule is C=C(C)/C(C)=C(/C=C\C)c1c(C)c(CC)cc(P)c1-c1ccc(C(C)C)cc1. The minimum atomic E-state index is 0.539. The van der Waals surface area contributed by atoms with Crippen molar-refractivity contribution in [2.45, 2.75) is 60.8 Å². The summed E-state index contributed by atoms with van der Waals surface area (Å²) >= 11 is 0. The Kier molecular flexibility index (Phi) is 7.62. The van der Waals surface area contributed by atoms with Crippen LogP contribution in [0.15, 0.2) is 60.2 Å². The fourth-order valence-corrected chi connectivity index (χ4v) is 4.21. The zero-order valence-electron chi connectivity index (χ0n) is 18.6. The molecule has 28 heavy (non-hydrogen) atoms. The Hall–Kier alpha value is -1.91. The second-order valence-electron chi connectivity index (χ2n) is 7.95. The Morgan fingerprint density at radius 1 is 1.14 bits per heavy atom. The minimum absolute atomic E-state index is 0.539. The van der Waals surface area contributed by atoms with Gasteiger partial charge in [-0.25, -0.2) is 0 Å². The maximum Gasteiger partial charge on any atom is -0.00307 e. The van der Waals surface area contributed by atoms with E-state index in [4.69, 9.17) is 0 Å². The third kappa shape index (κ3) is 4.56. The molecular weight excluding hydrogens is 355 g/mol. The van der Waals surface area contributed by atoms with Crippen LogP contribution in [0.5, 0.6) is 0 Å². The van der Waals surface area contributed by atoms with E-state index in [0.717, 1.165) is 12.0 Å². The molecule has 0 fully saturated rings. The lowest BCUT2D eigenvalue weighted by Gasteiger charge is -2.22. The van der Waals surface area contributed by atoms with Crippen LogP contribution >= 0.6 is 9.24 Å². The number of hydrogen-bond donors (Lipinski definition) is 0. The van der Waals surface area contributed by atoms with Gasteiger partial charge in [0.05, 0.1) is 0 Å². The van der Waals surface area contributed by atoms with Gasteiger partial charge < -0.3 is 0 Å². The predicted molar refractivity (Wildman–Crippen MR) is 132 cm³/mol. The van der Waals surface area contributed by atoms with E-state index >= 15 is 0 Å². The van der Waals surface area contributed by atoms with Gasteiger partial charge in [-0.3, -0.25) is 0 Å². The van der Waals surface area contributed by atoms with Gasteiger partial charge >= 0.3 is 0 Å². The molecule has 0 aliphatic carbocycles. The molecule has 0 nitrogen and oxygen atoms in total. The Morgan fingerprint density at radius 2 is 1.75 bits per heavy atom. The molecule has 0 aliphatic heterocycles. The first-order valence-corrected chi connectivity index (χ1v) is 10.8. The van der Waals surface area contributed by atoms with E-state index in [2.05, 4.69) is 107 Å². The summed E-state index contributed by atoms with van der Waals surface area (Å²) in [5.74, 6) is 0.539. The van der Waals surface area contributed by atoms with Crippen LogP contribution in [0.2, 0.25) is 0 Å². The highest BCUT2D eigenvalue weighted by Gasteiger charge is 2.18.